The molecule has 2 unspecified atom stereocenters. The summed E-state index contributed by atoms with van der Waals surface area (Å²) in [4.78, 5) is 7.99. The van der Waals surface area contributed by atoms with Crippen molar-refractivity contribution in [3.05, 3.63) is 24.3 Å². The number of aliphatic hydroxyl groups excluding tert-OH is 1. The predicted octanol–water partition coefficient (Wildman–Crippen LogP) is 1.13. The largest absolute Gasteiger partial charge is 0.394 e. The van der Waals surface area contributed by atoms with Gasteiger partial charge in [-0.2, -0.15) is 0 Å². The molecule has 1 aliphatic carbocycles. The van der Waals surface area contributed by atoms with Gasteiger partial charge in [0.2, 0.25) is 0 Å². The number of ether oxygens (including phenoxy) is 1. The molecule has 0 radical (unpaired) electrons. The van der Waals surface area contributed by atoms with Gasteiger partial charge in [0.05, 0.1) is 18.2 Å². The van der Waals surface area contributed by atoms with Gasteiger partial charge >= 0.3 is 0 Å². The molecule has 0 bridgehead atoms. The van der Waals surface area contributed by atoms with Gasteiger partial charge in [0, 0.05) is 36.5 Å². The van der Waals surface area contributed by atoms with Gasteiger partial charge in [-0.1, -0.05) is 13.8 Å². The maximum atomic E-state index is 9.79. The third-order valence-corrected chi connectivity index (χ3v) is 4.45. The molecular formula is C14H23N3O2. The van der Waals surface area contributed by atoms with E-state index in [1.165, 1.54) is 6.33 Å². The van der Waals surface area contributed by atoms with Crippen molar-refractivity contribution in [3.8, 4) is 0 Å². The number of hydrogen-bond donors (Lipinski definition) is 2. The highest BCUT2D eigenvalue weighted by atomic mass is 16.5. The molecule has 5 heteroatoms. The topological polar surface area (TPSA) is 67.3 Å². The molecule has 2 atom stereocenters. The van der Waals surface area contributed by atoms with E-state index in [-0.39, 0.29) is 23.7 Å². The zero-order chi connectivity index (χ0) is 13.9. The van der Waals surface area contributed by atoms with Crippen molar-refractivity contribution in [1.29, 1.82) is 0 Å². The van der Waals surface area contributed by atoms with Gasteiger partial charge in [0.25, 0.3) is 0 Å². The van der Waals surface area contributed by atoms with Gasteiger partial charge in [0.15, 0.2) is 0 Å². The fourth-order valence-corrected chi connectivity index (χ4v) is 2.80. The molecule has 1 saturated carbocycles. The van der Waals surface area contributed by atoms with E-state index < -0.39 is 0 Å². The summed E-state index contributed by atoms with van der Waals surface area (Å²) in [5.74, 6) is 0. The van der Waals surface area contributed by atoms with Crippen LogP contribution in [0.4, 0.5) is 0 Å². The molecule has 2 rings (SSSR count). The molecule has 0 aromatic carbocycles. The van der Waals surface area contributed by atoms with Crippen LogP contribution in [0.25, 0.3) is 0 Å². The minimum atomic E-state index is -0.289. The molecule has 2 N–H and O–H groups in total. The molecule has 1 heterocycles. The second-order valence-corrected chi connectivity index (χ2v) is 5.71. The molecule has 1 fully saturated rings. The summed E-state index contributed by atoms with van der Waals surface area (Å²) in [6, 6.07) is 0. The number of nitrogens with zero attached hydrogens (tertiary/aromatic N) is 2. The molecule has 0 spiro atoms. The Hall–Kier alpha value is -1.04. The summed E-state index contributed by atoms with van der Waals surface area (Å²) in [6.07, 6.45) is 6.12. The SMILES string of the molecule is CCOC1CC(CO)(NCc2cncnc2)C1(C)C. The van der Waals surface area contributed by atoms with E-state index >= 15 is 0 Å². The number of aromatic nitrogens is 2. The van der Waals surface area contributed by atoms with Crippen molar-refractivity contribution in [3.63, 3.8) is 0 Å². The van der Waals surface area contributed by atoms with Crippen molar-refractivity contribution in [2.45, 2.75) is 45.4 Å². The van der Waals surface area contributed by atoms with Crippen LogP contribution in [0.2, 0.25) is 0 Å². The maximum Gasteiger partial charge on any atom is 0.115 e. The van der Waals surface area contributed by atoms with Gasteiger partial charge in [-0.15, -0.1) is 0 Å². The molecule has 1 aromatic rings. The van der Waals surface area contributed by atoms with Crippen LogP contribution in [0.5, 0.6) is 0 Å². The molecule has 1 aliphatic rings. The Balaban J connectivity index is 2.01. The Bertz CT molecular complexity index is 410. The van der Waals surface area contributed by atoms with Crippen molar-refractivity contribution in [1.82, 2.24) is 15.3 Å². The number of nitrogens with one attached hydrogen (secondary N) is 1. The van der Waals surface area contributed by atoms with E-state index in [0.29, 0.717) is 13.2 Å². The Morgan fingerprint density at radius 1 is 1.42 bits per heavy atom. The van der Waals surface area contributed by atoms with Crippen molar-refractivity contribution < 1.29 is 9.84 Å². The van der Waals surface area contributed by atoms with E-state index in [9.17, 15) is 5.11 Å². The summed E-state index contributed by atoms with van der Waals surface area (Å²) < 4.78 is 5.73. The fourth-order valence-electron chi connectivity index (χ4n) is 2.80. The van der Waals surface area contributed by atoms with E-state index in [0.717, 1.165) is 12.0 Å². The lowest BCUT2D eigenvalue weighted by molar-refractivity contribution is -0.177. The van der Waals surface area contributed by atoms with Crippen LogP contribution >= 0.6 is 0 Å². The fraction of sp³-hybridized carbons (Fsp3) is 0.714. The van der Waals surface area contributed by atoms with E-state index in [4.69, 9.17) is 4.74 Å². The Morgan fingerprint density at radius 2 is 2.11 bits per heavy atom. The van der Waals surface area contributed by atoms with Crippen molar-refractivity contribution in [2.24, 2.45) is 5.41 Å². The monoisotopic (exact) mass is 265 g/mol. The number of aliphatic hydroxyl groups is 1. The average molecular weight is 265 g/mol. The molecular weight excluding hydrogens is 242 g/mol. The molecule has 1 aromatic heterocycles. The van der Waals surface area contributed by atoms with Crippen LogP contribution in [0.1, 0.15) is 32.8 Å². The van der Waals surface area contributed by atoms with Crippen LogP contribution in [0.15, 0.2) is 18.7 Å². The summed E-state index contributed by atoms with van der Waals surface area (Å²) in [5.41, 5.74) is 0.641. The zero-order valence-electron chi connectivity index (χ0n) is 11.9. The molecule has 0 saturated heterocycles. The first-order valence-electron chi connectivity index (χ1n) is 6.77. The predicted molar refractivity (Wildman–Crippen MR) is 72.5 cm³/mol. The van der Waals surface area contributed by atoms with Gasteiger partial charge in [0.1, 0.15) is 6.33 Å². The first kappa shape index (κ1) is 14.4. The lowest BCUT2D eigenvalue weighted by Crippen LogP contribution is -2.73. The highest BCUT2D eigenvalue weighted by molar-refractivity contribution is 5.16. The molecule has 0 amide bonds. The van der Waals surface area contributed by atoms with E-state index in [2.05, 4.69) is 29.1 Å². The van der Waals surface area contributed by atoms with E-state index in [1.54, 1.807) is 12.4 Å². The molecule has 106 valence electrons. The zero-order valence-corrected chi connectivity index (χ0v) is 11.9. The Kier molecular flexibility index (Phi) is 4.18. The van der Waals surface area contributed by atoms with Crippen LogP contribution in [-0.4, -0.2) is 39.9 Å². The van der Waals surface area contributed by atoms with Gasteiger partial charge in [-0.25, -0.2) is 9.97 Å². The van der Waals surface area contributed by atoms with Gasteiger partial charge < -0.3 is 15.2 Å². The average Bonchev–Trinajstić information content (AvgIpc) is 2.43. The third-order valence-electron chi connectivity index (χ3n) is 4.45. The molecule has 19 heavy (non-hydrogen) atoms. The summed E-state index contributed by atoms with van der Waals surface area (Å²) in [6.45, 7) is 7.76. The minimum Gasteiger partial charge on any atom is -0.394 e. The van der Waals surface area contributed by atoms with Gasteiger partial charge in [-0.3, -0.25) is 0 Å². The Labute approximate surface area is 114 Å². The van der Waals surface area contributed by atoms with Crippen LogP contribution < -0.4 is 5.32 Å². The lowest BCUT2D eigenvalue weighted by atomic mass is 9.54. The van der Waals surface area contributed by atoms with E-state index in [1.807, 2.05) is 6.92 Å². The summed E-state index contributed by atoms with van der Waals surface area (Å²) in [5, 5.41) is 13.3. The standard InChI is InChI=1S/C14H23N3O2/c1-4-19-12-5-14(9-18,13(12,2)3)17-8-11-6-15-10-16-7-11/h6-7,10,12,17-18H,4-5,8-9H2,1-3H3. The summed E-state index contributed by atoms with van der Waals surface area (Å²) >= 11 is 0. The smallest absolute Gasteiger partial charge is 0.115 e. The highest BCUT2D eigenvalue weighted by Crippen LogP contribution is 2.51. The number of hydrogen-bond acceptors (Lipinski definition) is 5. The number of rotatable bonds is 6. The maximum absolute atomic E-state index is 9.79. The van der Waals surface area contributed by atoms with Crippen LogP contribution in [0, 0.1) is 5.41 Å². The van der Waals surface area contributed by atoms with Crippen LogP contribution in [-0.2, 0) is 11.3 Å². The van der Waals surface area contributed by atoms with Gasteiger partial charge in [-0.05, 0) is 13.3 Å². The molecule has 5 nitrogen and oxygen atoms in total. The minimum absolute atomic E-state index is 0.0899. The van der Waals surface area contributed by atoms with Crippen molar-refractivity contribution in [2.75, 3.05) is 13.2 Å². The third kappa shape index (κ3) is 2.50. The lowest BCUT2D eigenvalue weighted by Gasteiger charge is -2.60. The van der Waals surface area contributed by atoms with Crippen LogP contribution in [0.3, 0.4) is 0 Å². The molecule has 0 aliphatic heterocycles. The first-order chi connectivity index (χ1) is 9.05. The normalized spacial score (nSPS) is 28.9. The second kappa shape index (κ2) is 5.53. The second-order valence-electron chi connectivity index (χ2n) is 5.71. The first-order valence-corrected chi connectivity index (χ1v) is 6.77. The Morgan fingerprint density at radius 3 is 2.63 bits per heavy atom. The van der Waals surface area contributed by atoms with Crippen molar-refractivity contribution >= 4 is 0 Å². The highest BCUT2D eigenvalue weighted by Gasteiger charge is 2.60. The summed E-state index contributed by atoms with van der Waals surface area (Å²) in [7, 11) is 0. The quantitative estimate of drug-likeness (QED) is 0.807.